The highest BCUT2D eigenvalue weighted by Crippen LogP contribution is 2.25. The maximum absolute atomic E-state index is 11.2. The van der Waals surface area contributed by atoms with Gasteiger partial charge in [-0.2, -0.15) is 0 Å². The Morgan fingerprint density at radius 3 is 2.85 bits per heavy atom. The molecular weight excluding hydrogens is 172 g/mol. The summed E-state index contributed by atoms with van der Waals surface area (Å²) in [4.78, 5) is 21.9. The van der Waals surface area contributed by atoms with Crippen molar-refractivity contribution >= 4 is 11.9 Å². The van der Waals surface area contributed by atoms with Gasteiger partial charge in [-0.15, -0.1) is 0 Å². The summed E-state index contributed by atoms with van der Waals surface area (Å²) < 4.78 is 4.53. The van der Waals surface area contributed by atoms with E-state index in [1.807, 2.05) is 0 Å². The van der Waals surface area contributed by atoms with Gasteiger partial charge in [0.25, 0.3) is 0 Å². The Labute approximate surface area is 76.2 Å². The number of hydrogen-bond acceptors (Lipinski definition) is 3. The number of aliphatic carboxylic acids is 1. The fraction of sp³-hybridized carbons (Fsp3) is 0.556. The molecule has 0 aromatic heterocycles. The summed E-state index contributed by atoms with van der Waals surface area (Å²) in [7, 11) is 1.27. The second-order valence-corrected chi connectivity index (χ2v) is 2.97. The molecule has 0 aliphatic heterocycles. The first-order valence-corrected chi connectivity index (χ1v) is 4.18. The minimum absolute atomic E-state index is 0.179. The molecule has 0 spiro atoms. The van der Waals surface area contributed by atoms with E-state index in [-0.39, 0.29) is 5.57 Å². The second kappa shape index (κ2) is 4.07. The smallest absolute Gasteiger partial charge is 0.332 e. The molecule has 0 saturated carbocycles. The van der Waals surface area contributed by atoms with Crippen molar-refractivity contribution in [3.8, 4) is 0 Å². The van der Waals surface area contributed by atoms with Crippen LogP contribution in [0.15, 0.2) is 11.6 Å². The van der Waals surface area contributed by atoms with E-state index in [2.05, 4.69) is 4.74 Å². The number of hydrogen-bond donors (Lipinski definition) is 1. The van der Waals surface area contributed by atoms with E-state index in [0.29, 0.717) is 6.42 Å². The summed E-state index contributed by atoms with van der Waals surface area (Å²) in [6.45, 7) is 0. The zero-order valence-electron chi connectivity index (χ0n) is 7.45. The van der Waals surface area contributed by atoms with Gasteiger partial charge in [0.2, 0.25) is 0 Å². The van der Waals surface area contributed by atoms with Crippen molar-refractivity contribution in [3.63, 3.8) is 0 Å². The Balaban J connectivity index is 2.82. The molecule has 0 aromatic carbocycles. The van der Waals surface area contributed by atoms with Crippen LogP contribution in [0.25, 0.3) is 0 Å². The molecule has 1 aliphatic carbocycles. The van der Waals surface area contributed by atoms with Crippen LogP contribution in [0.5, 0.6) is 0 Å². The van der Waals surface area contributed by atoms with Gasteiger partial charge >= 0.3 is 11.9 Å². The summed E-state index contributed by atoms with van der Waals surface area (Å²) in [6, 6.07) is 0. The first-order valence-electron chi connectivity index (χ1n) is 4.18. The Hall–Kier alpha value is -1.32. The molecule has 4 nitrogen and oxygen atoms in total. The van der Waals surface area contributed by atoms with Crippen LogP contribution >= 0.6 is 0 Å². The van der Waals surface area contributed by atoms with Gasteiger partial charge in [0.15, 0.2) is 0 Å². The summed E-state index contributed by atoms with van der Waals surface area (Å²) >= 11 is 0. The minimum Gasteiger partial charge on any atom is -0.478 e. The molecule has 0 bridgehead atoms. The predicted molar refractivity (Wildman–Crippen MR) is 45.1 cm³/mol. The third-order valence-corrected chi connectivity index (χ3v) is 2.17. The lowest BCUT2D eigenvalue weighted by molar-refractivity contribution is -0.147. The minimum atomic E-state index is -1.02. The van der Waals surface area contributed by atoms with Crippen molar-refractivity contribution < 1.29 is 19.4 Å². The average Bonchev–Trinajstić information content (AvgIpc) is 2.16. The van der Waals surface area contributed by atoms with Crippen molar-refractivity contribution in [1.82, 2.24) is 0 Å². The summed E-state index contributed by atoms with van der Waals surface area (Å²) in [5.74, 6) is -2.04. The molecule has 13 heavy (non-hydrogen) atoms. The Morgan fingerprint density at radius 2 is 2.31 bits per heavy atom. The van der Waals surface area contributed by atoms with Crippen LogP contribution in [0.4, 0.5) is 0 Å². The van der Waals surface area contributed by atoms with Gasteiger partial charge < -0.3 is 9.84 Å². The molecule has 0 unspecified atom stereocenters. The fourth-order valence-corrected chi connectivity index (χ4v) is 1.50. The molecule has 0 amide bonds. The number of ether oxygens (including phenoxy) is 1. The third-order valence-electron chi connectivity index (χ3n) is 2.17. The lowest BCUT2D eigenvalue weighted by Gasteiger charge is -2.18. The molecule has 0 fully saturated rings. The van der Waals surface area contributed by atoms with Crippen LogP contribution in [-0.4, -0.2) is 24.2 Å². The molecule has 0 aromatic rings. The van der Waals surface area contributed by atoms with E-state index in [0.717, 1.165) is 12.8 Å². The van der Waals surface area contributed by atoms with Gasteiger partial charge in [-0.1, -0.05) is 6.08 Å². The van der Waals surface area contributed by atoms with E-state index in [1.54, 1.807) is 6.08 Å². The largest absolute Gasteiger partial charge is 0.478 e. The lowest BCUT2D eigenvalue weighted by atomic mass is 9.88. The highest BCUT2D eigenvalue weighted by molar-refractivity contribution is 5.94. The van der Waals surface area contributed by atoms with E-state index in [1.165, 1.54) is 7.11 Å². The molecule has 4 heteroatoms. The highest BCUT2D eigenvalue weighted by Gasteiger charge is 2.29. The number of carboxylic acids is 1. The molecule has 72 valence electrons. The number of esters is 1. The zero-order chi connectivity index (χ0) is 9.84. The first kappa shape index (κ1) is 9.77. The monoisotopic (exact) mass is 184 g/mol. The third kappa shape index (κ3) is 2.08. The van der Waals surface area contributed by atoms with Crippen LogP contribution in [0.1, 0.15) is 19.3 Å². The molecule has 0 radical (unpaired) electrons. The van der Waals surface area contributed by atoms with E-state index in [9.17, 15) is 9.59 Å². The number of methoxy groups -OCH3 is 1. The van der Waals surface area contributed by atoms with Gasteiger partial charge in [-0.3, -0.25) is 4.79 Å². The van der Waals surface area contributed by atoms with E-state index >= 15 is 0 Å². The molecular formula is C9H12O4. The number of rotatable bonds is 2. The predicted octanol–water partition coefficient (Wildman–Crippen LogP) is 0.970. The fourth-order valence-electron chi connectivity index (χ4n) is 1.50. The topological polar surface area (TPSA) is 63.6 Å². The standard InChI is InChI=1S/C9H12O4/c1-13-9(12)7-5-3-2-4-6(7)8(10)11/h4,7H,2-3,5H2,1H3,(H,10,11)/t7-/m1/s1. The van der Waals surface area contributed by atoms with E-state index < -0.39 is 17.9 Å². The Morgan fingerprint density at radius 1 is 1.62 bits per heavy atom. The summed E-state index contributed by atoms with van der Waals surface area (Å²) in [5.41, 5.74) is 0.179. The number of carboxylic acid groups (broad SMARTS) is 1. The van der Waals surface area contributed by atoms with Gasteiger partial charge in [0, 0.05) is 5.57 Å². The van der Waals surface area contributed by atoms with Crippen LogP contribution < -0.4 is 0 Å². The maximum atomic E-state index is 11.2. The average molecular weight is 184 g/mol. The van der Waals surface area contributed by atoms with Crippen LogP contribution in [0, 0.1) is 5.92 Å². The molecule has 1 rings (SSSR count). The lowest BCUT2D eigenvalue weighted by Crippen LogP contribution is -2.24. The summed E-state index contributed by atoms with van der Waals surface area (Å²) in [5, 5.41) is 8.78. The Kier molecular flexibility index (Phi) is 3.06. The Bertz CT molecular complexity index is 254. The van der Waals surface area contributed by atoms with Crippen LogP contribution in [0.3, 0.4) is 0 Å². The first-order chi connectivity index (χ1) is 6.16. The molecule has 1 N–H and O–H groups in total. The quantitative estimate of drug-likeness (QED) is 0.649. The molecule has 0 saturated heterocycles. The van der Waals surface area contributed by atoms with Crippen molar-refractivity contribution in [2.45, 2.75) is 19.3 Å². The van der Waals surface area contributed by atoms with Crippen molar-refractivity contribution in [2.24, 2.45) is 5.92 Å². The van der Waals surface area contributed by atoms with Crippen molar-refractivity contribution in [1.29, 1.82) is 0 Å². The number of carbonyl (C=O) groups is 2. The van der Waals surface area contributed by atoms with Crippen LogP contribution in [0.2, 0.25) is 0 Å². The van der Waals surface area contributed by atoms with Crippen LogP contribution in [-0.2, 0) is 14.3 Å². The highest BCUT2D eigenvalue weighted by atomic mass is 16.5. The molecule has 1 aliphatic rings. The van der Waals surface area contributed by atoms with E-state index in [4.69, 9.17) is 5.11 Å². The molecule has 0 heterocycles. The van der Waals surface area contributed by atoms with Gasteiger partial charge in [0.05, 0.1) is 13.0 Å². The normalized spacial score (nSPS) is 21.9. The van der Waals surface area contributed by atoms with Gasteiger partial charge in [-0.05, 0) is 19.3 Å². The van der Waals surface area contributed by atoms with Crippen molar-refractivity contribution in [3.05, 3.63) is 11.6 Å². The molecule has 1 atom stereocenters. The zero-order valence-corrected chi connectivity index (χ0v) is 7.45. The van der Waals surface area contributed by atoms with Crippen molar-refractivity contribution in [2.75, 3.05) is 7.11 Å². The van der Waals surface area contributed by atoms with Gasteiger partial charge in [-0.25, -0.2) is 4.79 Å². The second-order valence-electron chi connectivity index (χ2n) is 2.97. The van der Waals surface area contributed by atoms with Gasteiger partial charge in [0.1, 0.15) is 0 Å². The number of allylic oxidation sites excluding steroid dienone is 1. The summed E-state index contributed by atoms with van der Waals surface area (Å²) in [6.07, 6.45) is 3.75. The number of carbonyl (C=O) groups excluding carboxylic acids is 1. The maximum Gasteiger partial charge on any atom is 0.332 e. The SMILES string of the molecule is COC(=O)[C@@H]1CCCC=C1C(=O)O.